The minimum absolute atomic E-state index is 0.518. The zero-order chi connectivity index (χ0) is 13.0. The van der Waals surface area contributed by atoms with Gasteiger partial charge in [0.2, 0.25) is 0 Å². The summed E-state index contributed by atoms with van der Waals surface area (Å²) in [5.74, 6) is 0.937. The second kappa shape index (κ2) is 6.72. The lowest BCUT2D eigenvalue weighted by Crippen LogP contribution is -2.27. The van der Waals surface area contributed by atoms with Crippen molar-refractivity contribution in [3.63, 3.8) is 0 Å². The molecule has 0 spiro atoms. The Balaban J connectivity index is 2.12. The van der Waals surface area contributed by atoms with E-state index in [1.807, 2.05) is 0 Å². The first-order chi connectivity index (χ1) is 8.72. The Bertz CT molecular complexity index is 385. The summed E-state index contributed by atoms with van der Waals surface area (Å²) in [7, 11) is 0. The summed E-state index contributed by atoms with van der Waals surface area (Å²) in [6.07, 6.45) is 6.77. The molecule has 2 rings (SSSR count). The Kier molecular flexibility index (Phi) is 5.25. The highest BCUT2D eigenvalue weighted by Crippen LogP contribution is 2.37. The molecule has 0 bridgehead atoms. The summed E-state index contributed by atoms with van der Waals surface area (Å²) in [6, 6.07) is 7.14. The van der Waals surface area contributed by atoms with Gasteiger partial charge in [-0.3, -0.25) is 0 Å². The van der Waals surface area contributed by atoms with Crippen LogP contribution in [0.25, 0.3) is 0 Å². The Morgan fingerprint density at radius 1 is 1.39 bits per heavy atom. The fourth-order valence-electron chi connectivity index (χ4n) is 2.64. The fourth-order valence-corrected chi connectivity index (χ4v) is 3.18. The lowest BCUT2D eigenvalue weighted by molar-refractivity contribution is 0.261. The van der Waals surface area contributed by atoms with E-state index in [0.717, 1.165) is 12.5 Å². The minimum Gasteiger partial charge on any atom is -0.310 e. The van der Waals surface area contributed by atoms with Gasteiger partial charge in [-0.15, -0.1) is 0 Å². The van der Waals surface area contributed by atoms with E-state index in [1.165, 1.54) is 47.7 Å². The molecular weight excluding hydrogens is 286 g/mol. The standard InChI is InChI=1S/C16H24BrN/c1-3-10-18-15(11-13-7-5-8-13)14-9-4-6-12(2)16(14)17/h4,6,9,13,15,18H,3,5,7-8,10-11H2,1-2H3. The molecule has 0 aliphatic heterocycles. The molecule has 0 saturated heterocycles. The molecule has 100 valence electrons. The van der Waals surface area contributed by atoms with Crippen LogP contribution in [0.3, 0.4) is 0 Å². The van der Waals surface area contributed by atoms with Gasteiger partial charge in [0.1, 0.15) is 0 Å². The third-order valence-corrected chi connectivity index (χ3v) is 5.11. The molecule has 1 aliphatic carbocycles. The molecule has 1 aliphatic rings. The van der Waals surface area contributed by atoms with E-state index in [-0.39, 0.29) is 0 Å². The molecule has 0 aromatic heterocycles. The van der Waals surface area contributed by atoms with Crippen molar-refractivity contribution >= 4 is 15.9 Å². The molecular formula is C16H24BrN. The van der Waals surface area contributed by atoms with Gasteiger partial charge in [0.25, 0.3) is 0 Å². The zero-order valence-electron chi connectivity index (χ0n) is 11.5. The smallest absolute Gasteiger partial charge is 0.0334 e. The third kappa shape index (κ3) is 3.36. The predicted octanol–water partition coefficient (Wildman–Crippen LogP) is 4.99. The maximum absolute atomic E-state index is 3.76. The Morgan fingerprint density at radius 2 is 2.17 bits per heavy atom. The fraction of sp³-hybridized carbons (Fsp3) is 0.625. The van der Waals surface area contributed by atoms with Crippen LogP contribution in [0.1, 0.15) is 56.2 Å². The van der Waals surface area contributed by atoms with Crippen LogP contribution in [0, 0.1) is 12.8 Å². The predicted molar refractivity (Wildman–Crippen MR) is 81.9 cm³/mol. The lowest BCUT2D eigenvalue weighted by Gasteiger charge is -2.31. The molecule has 1 N–H and O–H groups in total. The van der Waals surface area contributed by atoms with E-state index in [9.17, 15) is 0 Å². The van der Waals surface area contributed by atoms with E-state index in [4.69, 9.17) is 0 Å². The third-order valence-electron chi connectivity index (χ3n) is 4.03. The summed E-state index contributed by atoms with van der Waals surface area (Å²) < 4.78 is 1.29. The number of aryl methyl sites for hydroxylation is 1. The maximum Gasteiger partial charge on any atom is 0.0334 e. The van der Waals surface area contributed by atoms with Crippen molar-refractivity contribution in [2.75, 3.05) is 6.54 Å². The second-order valence-corrected chi connectivity index (χ2v) is 6.31. The molecule has 1 aromatic carbocycles. The number of nitrogens with one attached hydrogen (secondary N) is 1. The molecule has 2 heteroatoms. The largest absolute Gasteiger partial charge is 0.310 e. The van der Waals surface area contributed by atoms with Gasteiger partial charge >= 0.3 is 0 Å². The summed E-state index contributed by atoms with van der Waals surface area (Å²) in [5.41, 5.74) is 2.78. The van der Waals surface area contributed by atoms with E-state index in [0.29, 0.717) is 6.04 Å². The Hall–Kier alpha value is -0.340. The number of benzene rings is 1. The number of rotatable bonds is 6. The molecule has 18 heavy (non-hydrogen) atoms. The summed E-state index contributed by atoms with van der Waals surface area (Å²) >= 11 is 3.76. The highest BCUT2D eigenvalue weighted by Gasteiger charge is 2.24. The summed E-state index contributed by atoms with van der Waals surface area (Å²) in [6.45, 7) is 5.52. The van der Waals surface area contributed by atoms with Crippen LogP contribution in [-0.2, 0) is 0 Å². The van der Waals surface area contributed by atoms with Crippen molar-refractivity contribution in [2.45, 2.75) is 52.0 Å². The van der Waals surface area contributed by atoms with Crippen LogP contribution < -0.4 is 5.32 Å². The SMILES string of the molecule is CCCNC(CC1CCC1)c1cccc(C)c1Br. The minimum atomic E-state index is 0.518. The van der Waals surface area contributed by atoms with Gasteiger partial charge in [-0.05, 0) is 43.4 Å². The van der Waals surface area contributed by atoms with Crippen molar-refractivity contribution in [3.8, 4) is 0 Å². The van der Waals surface area contributed by atoms with Crippen molar-refractivity contribution < 1.29 is 0 Å². The Morgan fingerprint density at radius 3 is 2.78 bits per heavy atom. The van der Waals surface area contributed by atoms with E-state index in [2.05, 4.69) is 53.3 Å². The second-order valence-electron chi connectivity index (χ2n) is 5.52. The van der Waals surface area contributed by atoms with Crippen molar-refractivity contribution in [1.29, 1.82) is 0 Å². The van der Waals surface area contributed by atoms with Gasteiger partial charge in [0, 0.05) is 10.5 Å². The molecule has 1 atom stereocenters. The monoisotopic (exact) mass is 309 g/mol. The highest BCUT2D eigenvalue weighted by molar-refractivity contribution is 9.10. The summed E-state index contributed by atoms with van der Waals surface area (Å²) in [5, 5.41) is 3.72. The van der Waals surface area contributed by atoms with Gasteiger partial charge in [-0.2, -0.15) is 0 Å². The van der Waals surface area contributed by atoms with Crippen molar-refractivity contribution in [3.05, 3.63) is 33.8 Å². The quantitative estimate of drug-likeness (QED) is 0.780. The van der Waals surface area contributed by atoms with Gasteiger partial charge in [0.15, 0.2) is 0 Å². The maximum atomic E-state index is 3.76. The number of hydrogen-bond donors (Lipinski definition) is 1. The van der Waals surface area contributed by atoms with Gasteiger partial charge in [0.05, 0.1) is 0 Å². The van der Waals surface area contributed by atoms with Crippen LogP contribution >= 0.6 is 15.9 Å². The number of halogens is 1. The first-order valence-corrected chi connectivity index (χ1v) is 8.00. The van der Waals surface area contributed by atoms with E-state index >= 15 is 0 Å². The first-order valence-electron chi connectivity index (χ1n) is 7.20. The summed E-state index contributed by atoms with van der Waals surface area (Å²) in [4.78, 5) is 0. The van der Waals surface area contributed by atoms with Gasteiger partial charge in [-0.25, -0.2) is 0 Å². The lowest BCUT2D eigenvalue weighted by atomic mass is 9.79. The molecule has 1 fully saturated rings. The average Bonchev–Trinajstić information content (AvgIpc) is 2.31. The first kappa shape index (κ1) is 14.1. The van der Waals surface area contributed by atoms with E-state index in [1.54, 1.807) is 0 Å². The normalized spacial score (nSPS) is 17.5. The van der Waals surface area contributed by atoms with Crippen molar-refractivity contribution in [1.82, 2.24) is 5.32 Å². The van der Waals surface area contributed by atoms with Crippen LogP contribution in [0.5, 0.6) is 0 Å². The molecule has 0 heterocycles. The Labute approximate surface area is 119 Å². The van der Waals surface area contributed by atoms with Crippen LogP contribution in [0.2, 0.25) is 0 Å². The number of hydrogen-bond acceptors (Lipinski definition) is 1. The molecule has 1 unspecified atom stereocenters. The molecule has 1 saturated carbocycles. The topological polar surface area (TPSA) is 12.0 Å². The molecule has 1 nitrogen and oxygen atoms in total. The molecule has 0 amide bonds. The van der Waals surface area contributed by atoms with E-state index < -0.39 is 0 Å². The zero-order valence-corrected chi connectivity index (χ0v) is 13.1. The average molecular weight is 310 g/mol. The van der Waals surface area contributed by atoms with Crippen LogP contribution in [-0.4, -0.2) is 6.54 Å². The highest BCUT2D eigenvalue weighted by atomic mass is 79.9. The van der Waals surface area contributed by atoms with Gasteiger partial charge in [-0.1, -0.05) is 60.3 Å². The molecule has 1 aromatic rings. The van der Waals surface area contributed by atoms with Crippen LogP contribution in [0.15, 0.2) is 22.7 Å². The van der Waals surface area contributed by atoms with Gasteiger partial charge < -0.3 is 5.32 Å². The van der Waals surface area contributed by atoms with Crippen LogP contribution in [0.4, 0.5) is 0 Å². The van der Waals surface area contributed by atoms with Crippen molar-refractivity contribution in [2.24, 2.45) is 5.92 Å². The molecule has 0 radical (unpaired) electrons.